The molecule has 0 fully saturated rings. The lowest BCUT2D eigenvalue weighted by Crippen LogP contribution is -2.36. The number of rotatable bonds is 4. The number of hydrogen-bond donors (Lipinski definition) is 2. The Bertz CT molecular complexity index is 308. The van der Waals surface area contributed by atoms with Gasteiger partial charge in [0.15, 0.2) is 0 Å². The molecule has 1 aromatic heterocycles. The number of aliphatic hydroxyl groups is 1. The molecule has 0 bridgehead atoms. The third-order valence-corrected chi connectivity index (χ3v) is 2.81. The quantitative estimate of drug-likeness (QED) is 0.784. The number of thiazole rings is 1. The SMILES string of the molecule is CCC(CO)NC(=O)c1cnc(C)s1. The van der Waals surface area contributed by atoms with Crippen molar-refractivity contribution >= 4 is 17.2 Å². The Balaban J connectivity index is 2.58. The number of aromatic nitrogens is 1. The smallest absolute Gasteiger partial charge is 0.263 e. The van der Waals surface area contributed by atoms with Gasteiger partial charge in [0.1, 0.15) is 4.88 Å². The molecule has 0 saturated carbocycles. The van der Waals surface area contributed by atoms with Crippen LogP contribution in [0.15, 0.2) is 6.20 Å². The van der Waals surface area contributed by atoms with E-state index in [1.54, 1.807) is 6.20 Å². The molecule has 0 aliphatic rings. The minimum atomic E-state index is -0.162. The number of nitrogens with zero attached hydrogens (tertiary/aromatic N) is 1. The van der Waals surface area contributed by atoms with Gasteiger partial charge in [-0.1, -0.05) is 6.92 Å². The van der Waals surface area contributed by atoms with Crippen molar-refractivity contribution in [1.82, 2.24) is 10.3 Å². The van der Waals surface area contributed by atoms with E-state index in [1.807, 2.05) is 13.8 Å². The average Bonchev–Trinajstić information content (AvgIpc) is 2.61. The van der Waals surface area contributed by atoms with E-state index in [2.05, 4.69) is 10.3 Å². The van der Waals surface area contributed by atoms with E-state index in [4.69, 9.17) is 5.11 Å². The lowest BCUT2D eigenvalue weighted by atomic mass is 10.2. The van der Waals surface area contributed by atoms with Crippen LogP contribution in [-0.4, -0.2) is 28.6 Å². The summed E-state index contributed by atoms with van der Waals surface area (Å²) in [6.07, 6.45) is 2.28. The molecule has 1 amide bonds. The number of aryl methyl sites for hydroxylation is 1. The van der Waals surface area contributed by atoms with Crippen LogP contribution in [0.1, 0.15) is 28.0 Å². The van der Waals surface area contributed by atoms with E-state index < -0.39 is 0 Å². The highest BCUT2D eigenvalue weighted by molar-refractivity contribution is 7.13. The molecule has 1 rings (SSSR count). The van der Waals surface area contributed by atoms with E-state index in [9.17, 15) is 4.79 Å². The van der Waals surface area contributed by atoms with Crippen molar-refractivity contribution in [1.29, 1.82) is 0 Å². The van der Waals surface area contributed by atoms with Crippen molar-refractivity contribution in [2.75, 3.05) is 6.61 Å². The van der Waals surface area contributed by atoms with Crippen LogP contribution in [0.25, 0.3) is 0 Å². The third kappa shape index (κ3) is 2.78. The Hall–Kier alpha value is -0.940. The fourth-order valence-electron chi connectivity index (χ4n) is 1.000. The van der Waals surface area contributed by atoms with Gasteiger partial charge in [-0.3, -0.25) is 4.79 Å². The second-order valence-electron chi connectivity index (χ2n) is 3.00. The summed E-state index contributed by atoms with van der Waals surface area (Å²) >= 11 is 1.35. The summed E-state index contributed by atoms with van der Waals surface area (Å²) in [6.45, 7) is 3.74. The van der Waals surface area contributed by atoms with Gasteiger partial charge in [0, 0.05) is 0 Å². The van der Waals surface area contributed by atoms with Gasteiger partial charge in [0.05, 0.1) is 23.9 Å². The Morgan fingerprint density at radius 2 is 2.50 bits per heavy atom. The zero-order valence-corrected chi connectivity index (χ0v) is 9.10. The Labute approximate surface area is 87.0 Å². The van der Waals surface area contributed by atoms with Crippen molar-refractivity contribution in [3.63, 3.8) is 0 Å². The highest BCUT2D eigenvalue weighted by Gasteiger charge is 2.12. The summed E-state index contributed by atoms with van der Waals surface area (Å²) in [4.78, 5) is 16.1. The number of carbonyl (C=O) groups is 1. The first-order valence-corrected chi connectivity index (χ1v) is 5.33. The summed E-state index contributed by atoms with van der Waals surface area (Å²) in [6, 6.07) is -0.162. The molecule has 0 radical (unpaired) electrons. The van der Waals surface area contributed by atoms with E-state index >= 15 is 0 Å². The zero-order valence-electron chi connectivity index (χ0n) is 8.28. The van der Waals surface area contributed by atoms with E-state index in [0.717, 1.165) is 11.4 Å². The van der Waals surface area contributed by atoms with Gasteiger partial charge in [-0.15, -0.1) is 11.3 Å². The van der Waals surface area contributed by atoms with Crippen LogP contribution in [0.4, 0.5) is 0 Å². The fraction of sp³-hybridized carbons (Fsp3) is 0.556. The minimum Gasteiger partial charge on any atom is -0.394 e. The van der Waals surface area contributed by atoms with Gasteiger partial charge in [0.25, 0.3) is 5.91 Å². The van der Waals surface area contributed by atoms with Crippen LogP contribution in [-0.2, 0) is 0 Å². The van der Waals surface area contributed by atoms with Gasteiger partial charge in [-0.25, -0.2) is 4.98 Å². The predicted molar refractivity (Wildman–Crippen MR) is 55.5 cm³/mol. The van der Waals surface area contributed by atoms with Crippen molar-refractivity contribution in [2.24, 2.45) is 0 Å². The Morgan fingerprint density at radius 3 is 2.93 bits per heavy atom. The second kappa shape index (κ2) is 5.07. The number of amides is 1. The average molecular weight is 214 g/mol. The molecule has 0 spiro atoms. The molecular formula is C9H14N2O2S. The Morgan fingerprint density at radius 1 is 1.79 bits per heavy atom. The molecule has 1 atom stereocenters. The first kappa shape index (κ1) is 11.1. The lowest BCUT2D eigenvalue weighted by molar-refractivity contribution is 0.0919. The molecule has 14 heavy (non-hydrogen) atoms. The van der Waals surface area contributed by atoms with E-state index in [0.29, 0.717) is 4.88 Å². The molecule has 78 valence electrons. The summed E-state index contributed by atoms with van der Waals surface area (Å²) in [5.41, 5.74) is 0. The summed E-state index contributed by atoms with van der Waals surface area (Å²) in [5.74, 6) is -0.156. The highest BCUT2D eigenvalue weighted by atomic mass is 32.1. The van der Waals surface area contributed by atoms with Gasteiger partial charge in [-0.2, -0.15) is 0 Å². The maximum absolute atomic E-state index is 11.5. The molecule has 2 N–H and O–H groups in total. The van der Waals surface area contributed by atoms with E-state index in [1.165, 1.54) is 11.3 Å². The van der Waals surface area contributed by atoms with Crippen molar-refractivity contribution in [3.05, 3.63) is 16.1 Å². The largest absolute Gasteiger partial charge is 0.394 e. The molecule has 4 nitrogen and oxygen atoms in total. The first-order chi connectivity index (χ1) is 6.67. The normalized spacial score (nSPS) is 12.5. The van der Waals surface area contributed by atoms with Crippen LogP contribution in [0, 0.1) is 6.92 Å². The van der Waals surface area contributed by atoms with Gasteiger partial charge >= 0.3 is 0 Å². The van der Waals surface area contributed by atoms with Gasteiger partial charge in [0.2, 0.25) is 0 Å². The Kier molecular flexibility index (Phi) is 4.03. The summed E-state index contributed by atoms with van der Waals surface area (Å²) in [5, 5.41) is 12.5. The number of carbonyl (C=O) groups excluding carboxylic acids is 1. The van der Waals surface area contributed by atoms with E-state index in [-0.39, 0.29) is 18.6 Å². The topological polar surface area (TPSA) is 62.2 Å². The fourth-order valence-corrected chi connectivity index (χ4v) is 1.68. The molecule has 0 aliphatic heterocycles. The standard InChI is InChI=1S/C9H14N2O2S/c1-3-7(5-12)11-9(13)8-4-10-6(2)14-8/h4,7,12H,3,5H2,1-2H3,(H,11,13). The number of aliphatic hydroxyl groups excluding tert-OH is 1. The lowest BCUT2D eigenvalue weighted by Gasteiger charge is -2.12. The summed E-state index contributed by atoms with van der Waals surface area (Å²) < 4.78 is 0. The molecule has 0 aromatic carbocycles. The molecule has 5 heteroatoms. The first-order valence-electron chi connectivity index (χ1n) is 4.51. The monoisotopic (exact) mass is 214 g/mol. The molecule has 0 aliphatic carbocycles. The van der Waals surface area contributed by atoms with Crippen LogP contribution in [0.3, 0.4) is 0 Å². The zero-order chi connectivity index (χ0) is 10.6. The molecule has 0 saturated heterocycles. The van der Waals surface area contributed by atoms with Crippen molar-refractivity contribution in [2.45, 2.75) is 26.3 Å². The number of hydrogen-bond acceptors (Lipinski definition) is 4. The maximum atomic E-state index is 11.5. The van der Waals surface area contributed by atoms with Crippen molar-refractivity contribution < 1.29 is 9.90 Å². The van der Waals surface area contributed by atoms with Crippen LogP contribution < -0.4 is 5.32 Å². The molecule has 1 heterocycles. The summed E-state index contributed by atoms with van der Waals surface area (Å²) in [7, 11) is 0. The second-order valence-corrected chi connectivity index (χ2v) is 4.24. The molecule has 1 aromatic rings. The maximum Gasteiger partial charge on any atom is 0.263 e. The third-order valence-electron chi connectivity index (χ3n) is 1.89. The molecular weight excluding hydrogens is 200 g/mol. The van der Waals surface area contributed by atoms with Crippen LogP contribution >= 0.6 is 11.3 Å². The minimum absolute atomic E-state index is 0.0278. The predicted octanol–water partition coefficient (Wildman–Crippen LogP) is 0.952. The van der Waals surface area contributed by atoms with Crippen LogP contribution in [0.2, 0.25) is 0 Å². The van der Waals surface area contributed by atoms with Gasteiger partial charge < -0.3 is 10.4 Å². The van der Waals surface area contributed by atoms with Crippen LogP contribution in [0.5, 0.6) is 0 Å². The highest BCUT2D eigenvalue weighted by Crippen LogP contribution is 2.11. The molecule has 1 unspecified atom stereocenters. The van der Waals surface area contributed by atoms with Gasteiger partial charge in [-0.05, 0) is 13.3 Å². The number of nitrogens with one attached hydrogen (secondary N) is 1. The van der Waals surface area contributed by atoms with Crippen molar-refractivity contribution in [3.8, 4) is 0 Å².